The van der Waals surface area contributed by atoms with E-state index in [0.717, 1.165) is 69.4 Å². The Kier molecular flexibility index (Phi) is 10.1. The first kappa shape index (κ1) is 23.3. The van der Waals surface area contributed by atoms with E-state index >= 15 is 0 Å². The van der Waals surface area contributed by atoms with Crippen LogP contribution in [0.25, 0.3) is 0 Å². The van der Waals surface area contributed by atoms with Gasteiger partial charge in [0, 0.05) is 46.3 Å². The maximum absolute atomic E-state index is 5.78. The number of ether oxygens (including phenoxy) is 4. The minimum absolute atomic E-state index is 0.209. The Bertz CT molecular complexity index is 630. The van der Waals surface area contributed by atoms with Gasteiger partial charge in [0.1, 0.15) is 0 Å². The fraction of sp³-hybridized carbons (Fsp3) is 0.682. The molecule has 0 bridgehead atoms. The SMILES string of the molecule is CCNC(=NCC1(OC)CCOCC1)NCCCc1ccc(OC)c(OCC)c1. The lowest BCUT2D eigenvalue weighted by Gasteiger charge is -2.34. The second kappa shape index (κ2) is 12.5. The molecular formula is C22H37N3O4. The summed E-state index contributed by atoms with van der Waals surface area (Å²) in [5.41, 5.74) is 1.03. The Balaban J connectivity index is 1.85. The van der Waals surface area contributed by atoms with Gasteiger partial charge in [-0.25, -0.2) is 0 Å². The Morgan fingerprint density at radius 1 is 1.14 bits per heavy atom. The first-order valence-corrected chi connectivity index (χ1v) is 10.6. The number of aryl methyl sites for hydroxylation is 1. The van der Waals surface area contributed by atoms with Crippen molar-refractivity contribution in [2.75, 3.05) is 53.7 Å². The number of methoxy groups -OCH3 is 2. The molecule has 0 radical (unpaired) electrons. The molecule has 0 unspecified atom stereocenters. The summed E-state index contributed by atoms with van der Waals surface area (Å²) in [4.78, 5) is 4.76. The van der Waals surface area contributed by atoms with Crippen LogP contribution in [0.4, 0.5) is 0 Å². The molecule has 1 aliphatic heterocycles. The van der Waals surface area contributed by atoms with E-state index in [2.05, 4.69) is 29.7 Å². The van der Waals surface area contributed by atoms with Gasteiger partial charge in [0.25, 0.3) is 0 Å². The van der Waals surface area contributed by atoms with Gasteiger partial charge in [0.05, 0.1) is 25.9 Å². The van der Waals surface area contributed by atoms with Crippen LogP contribution in [0.5, 0.6) is 11.5 Å². The molecule has 7 heteroatoms. The maximum Gasteiger partial charge on any atom is 0.191 e. The molecule has 1 aromatic carbocycles. The summed E-state index contributed by atoms with van der Waals surface area (Å²) >= 11 is 0. The molecule has 0 amide bonds. The monoisotopic (exact) mass is 407 g/mol. The summed E-state index contributed by atoms with van der Waals surface area (Å²) in [5, 5.41) is 6.75. The number of hydrogen-bond acceptors (Lipinski definition) is 5. The zero-order chi connectivity index (χ0) is 21.0. The molecule has 0 saturated carbocycles. The Labute approximate surface area is 175 Å². The van der Waals surface area contributed by atoms with E-state index in [4.69, 9.17) is 23.9 Å². The number of hydrogen-bond donors (Lipinski definition) is 2. The molecule has 2 N–H and O–H groups in total. The second-order valence-corrected chi connectivity index (χ2v) is 7.14. The van der Waals surface area contributed by atoms with Crippen LogP contribution in [-0.2, 0) is 15.9 Å². The summed E-state index contributed by atoms with van der Waals surface area (Å²) in [6.07, 6.45) is 3.71. The number of nitrogens with one attached hydrogen (secondary N) is 2. The van der Waals surface area contributed by atoms with Crippen LogP contribution < -0.4 is 20.1 Å². The third-order valence-corrected chi connectivity index (χ3v) is 5.17. The van der Waals surface area contributed by atoms with Gasteiger partial charge >= 0.3 is 0 Å². The van der Waals surface area contributed by atoms with E-state index in [-0.39, 0.29) is 5.60 Å². The highest BCUT2D eigenvalue weighted by Gasteiger charge is 2.32. The van der Waals surface area contributed by atoms with Crippen molar-refractivity contribution in [3.63, 3.8) is 0 Å². The highest BCUT2D eigenvalue weighted by atomic mass is 16.5. The number of rotatable bonds is 11. The molecule has 0 spiro atoms. The molecule has 0 aliphatic carbocycles. The first-order chi connectivity index (χ1) is 14.2. The van der Waals surface area contributed by atoms with Crippen LogP contribution >= 0.6 is 0 Å². The molecule has 1 aromatic rings. The van der Waals surface area contributed by atoms with Crippen molar-refractivity contribution in [2.45, 2.75) is 45.1 Å². The van der Waals surface area contributed by atoms with Crippen LogP contribution in [-0.4, -0.2) is 65.2 Å². The predicted molar refractivity (Wildman–Crippen MR) is 116 cm³/mol. The van der Waals surface area contributed by atoms with Gasteiger partial charge in [-0.15, -0.1) is 0 Å². The minimum Gasteiger partial charge on any atom is -0.493 e. The molecule has 164 valence electrons. The predicted octanol–water partition coefficient (Wildman–Crippen LogP) is 2.78. The van der Waals surface area contributed by atoms with Crippen molar-refractivity contribution in [3.8, 4) is 11.5 Å². The van der Waals surface area contributed by atoms with Crippen molar-refractivity contribution < 1.29 is 18.9 Å². The fourth-order valence-corrected chi connectivity index (χ4v) is 3.38. The van der Waals surface area contributed by atoms with Gasteiger partial charge in [-0.05, 0) is 44.4 Å². The van der Waals surface area contributed by atoms with Gasteiger partial charge in [-0.2, -0.15) is 0 Å². The standard InChI is InChI=1S/C22H37N3O4/c1-5-23-21(25-17-22(27-4)11-14-28-15-12-22)24-13-7-8-18-9-10-19(26-3)20(16-18)29-6-2/h9-10,16H,5-8,11-15,17H2,1-4H3,(H2,23,24,25). The van der Waals surface area contributed by atoms with Crippen LogP contribution in [0.3, 0.4) is 0 Å². The van der Waals surface area contributed by atoms with E-state index in [1.54, 1.807) is 14.2 Å². The van der Waals surface area contributed by atoms with Gasteiger partial charge in [-0.3, -0.25) is 4.99 Å². The van der Waals surface area contributed by atoms with E-state index in [0.29, 0.717) is 13.2 Å². The second-order valence-electron chi connectivity index (χ2n) is 7.14. The van der Waals surface area contributed by atoms with Crippen molar-refractivity contribution in [1.82, 2.24) is 10.6 Å². The van der Waals surface area contributed by atoms with Crippen molar-refractivity contribution in [2.24, 2.45) is 4.99 Å². The van der Waals surface area contributed by atoms with Gasteiger partial charge < -0.3 is 29.6 Å². The largest absolute Gasteiger partial charge is 0.493 e. The summed E-state index contributed by atoms with van der Waals surface area (Å²) in [5.74, 6) is 2.41. The number of guanidine groups is 1. The van der Waals surface area contributed by atoms with Crippen LogP contribution in [0.15, 0.2) is 23.2 Å². The van der Waals surface area contributed by atoms with E-state index in [1.807, 2.05) is 13.0 Å². The number of aliphatic imine (C=N–C) groups is 1. The molecular weight excluding hydrogens is 370 g/mol. The normalized spacial score (nSPS) is 16.3. The lowest BCUT2D eigenvalue weighted by atomic mass is 9.94. The van der Waals surface area contributed by atoms with E-state index in [9.17, 15) is 0 Å². The molecule has 0 atom stereocenters. The summed E-state index contributed by atoms with van der Waals surface area (Å²) in [6.45, 7) is 8.45. The fourth-order valence-electron chi connectivity index (χ4n) is 3.38. The smallest absolute Gasteiger partial charge is 0.191 e. The van der Waals surface area contributed by atoms with E-state index < -0.39 is 0 Å². The van der Waals surface area contributed by atoms with Crippen LogP contribution in [0.2, 0.25) is 0 Å². The number of benzene rings is 1. The average Bonchev–Trinajstić information content (AvgIpc) is 2.76. The number of nitrogens with zero attached hydrogens (tertiary/aromatic N) is 1. The molecule has 1 fully saturated rings. The third-order valence-electron chi connectivity index (χ3n) is 5.17. The summed E-state index contributed by atoms with van der Waals surface area (Å²) in [6, 6.07) is 6.13. The lowest BCUT2D eigenvalue weighted by Crippen LogP contribution is -2.44. The summed E-state index contributed by atoms with van der Waals surface area (Å²) < 4.78 is 22.3. The third kappa shape index (κ3) is 7.40. The van der Waals surface area contributed by atoms with Gasteiger partial charge in [-0.1, -0.05) is 6.07 Å². The average molecular weight is 408 g/mol. The Hall–Kier alpha value is -1.99. The molecule has 7 nitrogen and oxygen atoms in total. The molecule has 0 aromatic heterocycles. The Morgan fingerprint density at radius 3 is 2.59 bits per heavy atom. The maximum atomic E-state index is 5.78. The molecule has 1 aliphatic rings. The van der Waals surface area contributed by atoms with Gasteiger partial charge in [0.2, 0.25) is 0 Å². The molecule has 2 rings (SSSR count). The zero-order valence-corrected chi connectivity index (χ0v) is 18.4. The molecule has 29 heavy (non-hydrogen) atoms. The molecule has 1 saturated heterocycles. The quantitative estimate of drug-likeness (QED) is 0.334. The summed E-state index contributed by atoms with van der Waals surface area (Å²) in [7, 11) is 3.43. The Morgan fingerprint density at radius 2 is 1.93 bits per heavy atom. The van der Waals surface area contributed by atoms with Gasteiger partial charge in [0.15, 0.2) is 17.5 Å². The van der Waals surface area contributed by atoms with Crippen molar-refractivity contribution >= 4 is 5.96 Å². The first-order valence-electron chi connectivity index (χ1n) is 10.6. The van der Waals surface area contributed by atoms with Crippen molar-refractivity contribution in [3.05, 3.63) is 23.8 Å². The zero-order valence-electron chi connectivity index (χ0n) is 18.4. The topological polar surface area (TPSA) is 73.3 Å². The van der Waals surface area contributed by atoms with Crippen LogP contribution in [0, 0.1) is 0 Å². The van der Waals surface area contributed by atoms with E-state index in [1.165, 1.54) is 5.56 Å². The van der Waals surface area contributed by atoms with Crippen LogP contribution in [0.1, 0.15) is 38.7 Å². The highest BCUT2D eigenvalue weighted by Crippen LogP contribution is 2.28. The van der Waals surface area contributed by atoms with Crippen molar-refractivity contribution in [1.29, 1.82) is 0 Å². The lowest BCUT2D eigenvalue weighted by molar-refractivity contribution is -0.0828. The minimum atomic E-state index is -0.209. The molecule has 1 heterocycles. The highest BCUT2D eigenvalue weighted by molar-refractivity contribution is 5.79.